The Morgan fingerprint density at radius 3 is 2.86 bits per heavy atom. The summed E-state index contributed by atoms with van der Waals surface area (Å²) in [5, 5.41) is 8.00. The molecule has 0 spiro atoms. The van der Waals surface area contributed by atoms with Gasteiger partial charge in [-0.3, -0.25) is 4.98 Å². The number of rotatable bonds is 4. The Bertz CT molecular complexity index is 749. The summed E-state index contributed by atoms with van der Waals surface area (Å²) in [5.41, 5.74) is 1.86. The van der Waals surface area contributed by atoms with Crippen LogP contribution in [0.2, 0.25) is 0 Å². The van der Waals surface area contributed by atoms with Gasteiger partial charge in [0.1, 0.15) is 23.9 Å². The largest absolute Gasteiger partial charge is 0.473 e. The minimum atomic E-state index is -0.397. The van der Waals surface area contributed by atoms with Crippen molar-refractivity contribution in [2.75, 3.05) is 0 Å². The van der Waals surface area contributed by atoms with E-state index in [1.807, 2.05) is 0 Å². The van der Waals surface area contributed by atoms with Gasteiger partial charge in [-0.2, -0.15) is 5.10 Å². The van der Waals surface area contributed by atoms with E-state index in [-0.39, 0.29) is 6.61 Å². The van der Waals surface area contributed by atoms with Crippen molar-refractivity contribution in [3.05, 3.63) is 47.7 Å². The molecule has 3 aromatic heterocycles. The third-order valence-corrected chi connectivity index (χ3v) is 3.10. The zero-order valence-corrected chi connectivity index (χ0v) is 11.6. The monoisotopic (exact) mass is 288 g/mol. The molecule has 3 heterocycles. The summed E-state index contributed by atoms with van der Waals surface area (Å²) in [6.45, 7) is 2.06. The molecule has 0 amide bonds. The molecule has 0 saturated heterocycles. The van der Waals surface area contributed by atoms with Gasteiger partial charge in [0.2, 0.25) is 5.88 Å². The molecule has 0 aliphatic rings. The Morgan fingerprint density at radius 1 is 1.33 bits per heavy atom. The molecule has 0 aliphatic heterocycles. The van der Waals surface area contributed by atoms with Crippen LogP contribution in [0.5, 0.6) is 5.88 Å². The van der Waals surface area contributed by atoms with Crippen molar-refractivity contribution in [2.45, 2.75) is 13.5 Å². The summed E-state index contributed by atoms with van der Waals surface area (Å²) >= 11 is 0. The lowest BCUT2D eigenvalue weighted by Gasteiger charge is -2.06. The van der Waals surface area contributed by atoms with E-state index < -0.39 is 5.82 Å². The van der Waals surface area contributed by atoms with Crippen LogP contribution in [0.3, 0.4) is 0 Å². The van der Waals surface area contributed by atoms with E-state index >= 15 is 0 Å². The summed E-state index contributed by atoms with van der Waals surface area (Å²) in [6, 6.07) is 4.65. The molecule has 3 rings (SSSR count). The van der Waals surface area contributed by atoms with Gasteiger partial charge in [-0.15, -0.1) is 0 Å². The predicted octanol–water partition coefficient (Wildman–Crippen LogP) is 2.50. The molecule has 0 radical (unpaired) electrons. The Kier molecular flexibility index (Phi) is 3.39. The standard InChI is InChI=1S/C14H13FN4O2/c1-9-11(8-20-13-5-6-17-19(13)2)14(18-21-9)12-4-3-10(15)7-16-12/h3-7H,8H2,1-2H3. The Hall–Kier alpha value is -2.70. The van der Waals surface area contributed by atoms with Crippen molar-refractivity contribution >= 4 is 0 Å². The van der Waals surface area contributed by atoms with E-state index in [0.29, 0.717) is 23.0 Å². The molecule has 21 heavy (non-hydrogen) atoms. The van der Waals surface area contributed by atoms with Crippen LogP contribution in [0, 0.1) is 12.7 Å². The van der Waals surface area contributed by atoms with Gasteiger partial charge in [-0.25, -0.2) is 9.07 Å². The zero-order valence-electron chi connectivity index (χ0n) is 11.6. The maximum atomic E-state index is 12.9. The first kappa shape index (κ1) is 13.3. The quantitative estimate of drug-likeness (QED) is 0.738. The van der Waals surface area contributed by atoms with Crippen LogP contribution in [-0.4, -0.2) is 19.9 Å². The maximum absolute atomic E-state index is 12.9. The third-order valence-electron chi connectivity index (χ3n) is 3.10. The van der Waals surface area contributed by atoms with Gasteiger partial charge in [-0.05, 0) is 19.1 Å². The second-order valence-electron chi connectivity index (χ2n) is 4.51. The number of ether oxygens (including phenoxy) is 1. The number of aromatic nitrogens is 4. The first-order chi connectivity index (χ1) is 10.1. The van der Waals surface area contributed by atoms with Gasteiger partial charge in [0.05, 0.1) is 23.7 Å². The van der Waals surface area contributed by atoms with E-state index in [1.54, 1.807) is 37.0 Å². The number of hydrogen-bond acceptors (Lipinski definition) is 5. The average molecular weight is 288 g/mol. The lowest BCUT2D eigenvalue weighted by molar-refractivity contribution is 0.276. The number of hydrogen-bond donors (Lipinski definition) is 0. The summed E-state index contributed by atoms with van der Waals surface area (Å²) < 4.78 is 25.5. The van der Waals surface area contributed by atoms with E-state index in [1.165, 1.54) is 6.07 Å². The molecule has 108 valence electrons. The van der Waals surface area contributed by atoms with Crippen molar-refractivity contribution in [3.63, 3.8) is 0 Å². The van der Waals surface area contributed by atoms with Crippen LogP contribution in [0.15, 0.2) is 35.1 Å². The van der Waals surface area contributed by atoms with E-state index in [0.717, 1.165) is 11.8 Å². The fourth-order valence-corrected chi connectivity index (χ4v) is 1.93. The SMILES string of the molecule is Cc1onc(-c2ccc(F)cn2)c1COc1ccnn1C. The summed E-state index contributed by atoms with van der Waals surface area (Å²) in [4.78, 5) is 4.01. The zero-order chi connectivity index (χ0) is 14.8. The van der Waals surface area contributed by atoms with Gasteiger partial charge in [-0.1, -0.05) is 5.16 Å². The molecule has 3 aromatic rings. The summed E-state index contributed by atoms with van der Waals surface area (Å²) in [7, 11) is 1.79. The third kappa shape index (κ3) is 2.62. The first-order valence-electron chi connectivity index (χ1n) is 6.33. The Morgan fingerprint density at radius 2 is 2.19 bits per heavy atom. The molecule has 0 atom stereocenters. The van der Waals surface area contributed by atoms with Crippen LogP contribution in [-0.2, 0) is 13.7 Å². The van der Waals surface area contributed by atoms with Gasteiger partial charge in [0.15, 0.2) is 0 Å². The second kappa shape index (κ2) is 5.35. The fraction of sp³-hybridized carbons (Fsp3) is 0.214. The number of halogens is 1. The summed E-state index contributed by atoms with van der Waals surface area (Å²) in [6.07, 6.45) is 2.79. The highest BCUT2D eigenvalue weighted by atomic mass is 19.1. The van der Waals surface area contributed by atoms with Crippen molar-refractivity contribution in [1.82, 2.24) is 19.9 Å². The van der Waals surface area contributed by atoms with E-state index in [4.69, 9.17) is 9.26 Å². The predicted molar refractivity (Wildman–Crippen MR) is 72.0 cm³/mol. The molecular formula is C14H13FN4O2. The van der Waals surface area contributed by atoms with Crippen molar-refractivity contribution in [2.24, 2.45) is 7.05 Å². The second-order valence-corrected chi connectivity index (χ2v) is 4.51. The lowest BCUT2D eigenvalue weighted by Crippen LogP contribution is -2.02. The Balaban J connectivity index is 1.87. The van der Waals surface area contributed by atoms with Crippen molar-refractivity contribution in [3.8, 4) is 17.3 Å². The molecule has 0 fully saturated rings. The molecule has 0 N–H and O–H groups in total. The highest BCUT2D eigenvalue weighted by Gasteiger charge is 2.17. The van der Waals surface area contributed by atoms with Crippen LogP contribution >= 0.6 is 0 Å². The molecule has 0 saturated carbocycles. The van der Waals surface area contributed by atoms with Crippen molar-refractivity contribution in [1.29, 1.82) is 0 Å². The van der Waals surface area contributed by atoms with Crippen LogP contribution in [0.4, 0.5) is 4.39 Å². The van der Waals surface area contributed by atoms with E-state index in [9.17, 15) is 4.39 Å². The lowest BCUT2D eigenvalue weighted by atomic mass is 10.1. The van der Waals surface area contributed by atoms with Crippen molar-refractivity contribution < 1.29 is 13.7 Å². The van der Waals surface area contributed by atoms with Gasteiger partial charge >= 0.3 is 0 Å². The van der Waals surface area contributed by atoms with Crippen LogP contribution in [0.1, 0.15) is 11.3 Å². The molecule has 0 aromatic carbocycles. The molecular weight excluding hydrogens is 275 g/mol. The van der Waals surface area contributed by atoms with Crippen LogP contribution < -0.4 is 4.74 Å². The van der Waals surface area contributed by atoms with Gasteiger partial charge in [0.25, 0.3) is 0 Å². The molecule has 0 unspecified atom stereocenters. The number of nitrogens with zero attached hydrogens (tertiary/aromatic N) is 4. The highest BCUT2D eigenvalue weighted by Crippen LogP contribution is 2.25. The molecule has 7 heteroatoms. The number of pyridine rings is 1. The molecule has 6 nitrogen and oxygen atoms in total. The first-order valence-corrected chi connectivity index (χ1v) is 6.33. The van der Waals surface area contributed by atoms with Crippen LogP contribution in [0.25, 0.3) is 11.4 Å². The van der Waals surface area contributed by atoms with E-state index in [2.05, 4.69) is 15.2 Å². The minimum absolute atomic E-state index is 0.267. The normalized spacial score (nSPS) is 10.8. The Labute approximate surface area is 120 Å². The van der Waals surface area contributed by atoms with Gasteiger partial charge < -0.3 is 9.26 Å². The van der Waals surface area contributed by atoms with Gasteiger partial charge in [0, 0.05) is 13.1 Å². The average Bonchev–Trinajstić information content (AvgIpc) is 3.04. The number of aryl methyl sites for hydroxylation is 2. The smallest absolute Gasteiger partial charge is 0.211 e. The maximum Gasteiger partial charge on any atom is 0.211 e. The topological polar surface area (TPSA) is 66.0 Å². The highest BCUT2D eigenvalue weighted by molar-refractivity contribution is 5.58. The minimum Gasteiger partial charge on any atom is -0.473 e. The fourth-order valence-electron chi connectivity index (χ4n) is 1.93. The molecule has 0 aliphatic carbocycles. The summed E-state index contributed by atoms with van der Waals surface area (Å²) in [5.74, 6) is 0.874. The molecule has 0 bridgehead atoms.